The number of aliphatic hydroxyl groups is 6. The maximum absolute atomic E-state index is 11.8. The summed E-state index contributed by atoms with van der Waals surface area (Å²) in [4.78, 5) is 11.8. The number of fused-ring (bicyclic) bond motifs is 2. The third-order valence-corrected chi connectivity index (χ3v) is 6.19. The number of ether oxygens (including phenoxy) is 4. The Bertz CT molecular complexity index is 1250. The Morgan fingerprint density at radius 2 is 1.77 bits per heavy atom. The molecule has 6 N–H and O–H groups in total. The summed E-state index contributed by atoms with van der Waals surface area (Å²) in [5, 5.41) is 61.8. The lowest BCUT2D eigenvalue weighted by atomic mass is 9.99. The van der Waals surface area contributed by atoms with Crippen LogP contribution in [-0.4, -0.2) is 99.2 Å². The van der Waals surface area contributed by atoms with Crippen LogP contribution >= 0.6 is 0 Å². The Hall–Kier alpha value is -2.59. The Kier molecular flexibility index (Phi) is 6.29. The van der Waals surface area contributed by atoms with E-state index in [-0.39, 0.29) is 23.5 Å². The summed E-state index contributed by atoms with van der Waals surface area (Å²) in [7, 11) is 0. The van der Waals surface area contributed by atoms with Gasteiger partial charge in [0, 0.05) is 16.8 Å². The molecule has 2 aliphatic rings. The number of hydrogen-bond acceptors (Lipinski definition) is 13. The van der Waals surface area contributed by atoms with Gasteiger partial charge in [0.05, 0.1) is 26.1 Å². The fraction of sp³-hybridized carbons (Fsp3) is 0.500. The molecule has 4 heterocycles. The van der Waals surface area contributed by atoms with Gasteiger partial charge in [-0.1, -0.05) is 0 Å². The predicted octanol–water partition coefficient (Wildman–Crippen LogP) is -1.82. The average molecular weight is 496 g/mol. The molecule has 2 saturated heterocycles. The van der Waals surface area contributed by atoms with Crippen LogP contribution in [0.25, 0.3) is 21.9 Å². The summed E-state index contributed by atoms with van der Waals surface area (Å²) in [6.07, 6.45) is -9.42. The van der Waals surface area contributed by atoms with E-state index in [2.05, 4.69) is 0 Å². The first-order valence-electron chi connectivity index (χ1n) is 10.8. The van der Waals surface area contributed by atoms with Crippen LogP contribution in [0.3, 0.4) is 0 Å². The van der Waals surface area contributed by atoms with Crippen molar-refractivity contribution >= 4 is 21.9 Å². The largest absolute Gasteiger partial charge is 0.460 e. The minimum absolute atomic E-state index is 0.0231. The molecule has 13 heteroatoms. The number of aliphatic hydroxyl groups excluding tert-OH is 5. The first-order valence-corrected chi connectivity index (χ1v) is 10.8. The van der Waals surface area contributed by atoms with E-state index in [0.29, 0.717) is 10.8 Å². The minimum atomic E-state index is -1.91. The maximum Gasteiger partial charge on any atom is 0.336 e. The fourth-order valence-corrected chi connectivity index (χ4v) is 4.11. The zero-order valence-electron chi connectivity index (χ0n) is 18.1. The number of hydrogen-bond donors (Lipinski definition) is 6. The van der Waals surface area contributed by atoms with E-state index in [1.165, 1.54) is 18.4 Å². The minimum Gasteiger partial charge on any atom is -0.460 e. The molecule has 13 nitrogen and oxygen atoms in total. The maximum atomic E-state index is 11.8. The molecule has 2 fully saturated rings. The van der Waals surface area contributed by atoms with Gasteiger partial charge in [-0.25, -0.2) is 4.79 Å². The SMILES string of the molecule is O=c1ccc2cc3ccoc3c(O[C@@H]3O[C@H](CO[C@@H]4OC[C@](O)(CO)[C@H]4O)[C@@H](O)[C@H](O)[C@H]3O)c2o1. The van der Waals surface area contributed by atoms with Crippen LogP contribution in [0, 0.1) is 0 Å². The van der Waals surface area contributed by atoms with Crippen LogP contribution in [0.5, 0.6) is 5.75 Å². The number of furan rings is 1. The van der Waals surface area contributed by atoms with Crippen LogP contribution in [0.1, 0.15) is 0 Å². The Morgan fingerprint density at radius 1 is 1.00 bits per heavy atom. The van der Waals surface area contributed by atoms with E-state index < -0.39 is 67.5 Å². The standard InChI is InChI=1S/C22H24O13/c23-7-22(29)8-32-21(19(22)28)31-6-11-13(25)14(26)15(27)20(33-11)35-18-16-10(3-4-30-16)5-9-1-2-12(24)34-17(9)18/h1-5,11,13-15,19-21,23,25-29H,6-8H2/t11-,13-,14+,15-,19+,20+,21-,22-/m1/s1. The molecule has 35 heavy (non-hydrogen) atoms. The topological polar surface area (TPSA) is 202 Å². The molecule has 2 aliphatic heterocycles. The molecule has 0 aliphatic carbocycles. The van der Waals surface area contributed by atoms with Crippen molar-refractivity contribution in [2.75, 3.05) is 19.8 Å². The highest BCUT2D eigenvalue weighted by atomic mass is 16.7. The van der Waals surface area contributed by atoms with Crippen LogP contribution in [0.2, 0.25) is 0 Å². The van der Waals surface area contributed by atoms with E-state index >= 15 is 0 Å². The van der Waals surface area contributed by atoms with E-state index in [4.69, 9.17) is 27.8 Å². The highest BCUT2D eigenvalue weighted by Gasteiger charge is 2.50. The van der Waals surface area contributed by atoms with E-state index in [0.717, 1.165) is 0 Å². The third kappa shape index (κ3) is 4.20. The summed E-state index contributed by atoms with van der Waals surface area (Å²) < 4.78 is 32.7. The lowest BCUT2D eigenvalue weighted by molar-refractivity contribution is -0.289. The summed E-state index contributed by atoms with van der Waals surface area (Å²) in [6.45, 7) is -1.60. The Morgan fingerprint density at radius 3 is 2.51 bits per heavy atom. The van der Waals surface area contributed by atoms with Gasteiger partial charge in [-0.2, -0.15) is 0 Å². The van der Waals surface area contributed by atoms with Crippen LogP contribution in [-0.2, 0) is 14.2 Å². The molecule has 1 aromatic carbocycles. The molecular formula is C22H24O13. The van der Waals surface area contributed by atoms with Crippen molar-refractivity contribution in [1.82, 2.24) is 0 Å². The molecule has 2 aromatic heterocycles. The van der Waals surface area contributed by atoms with Crippen LogP contribution in [0.4, 0.5) is 0 Å². The smallest absolute Gasteiger partial charge is 0.336 e. The highest BCUT2D eigenvalue weighted by molar-refractivity contribution is 5.99. The molecule has 0 spiro atoms. The summed E-state index contributed by atoms with van der Waals surface area (Å²) in [5.41, 5.74) is -2.35. The van der Waals surface area contributed by atoms with Gasteiger partial charge in [-0.3, -0.25) is 0 Å². The van der Waals surface area contributed by atoms with Gasteiger partial charge in [-0.15, -0.1) is 0 Å². The summed E-state index contributed by atoms with van der Waals surface area (Å²) in [6, 6.07) is 6.11. The first kappa shape index (κ1) is 24.1. The lowest BCUT2D eigenvalue weighted by Gasteiger charge is -2.40. The van der Waals surface area contributed by atoms with Crippen molar-refractivity contribution in [3.8, 4) is 5.75 Å². The Balaban J connectivity index is 1.38. The van der Waals surface area contributed by atoms with Gasteiger partial charge in [0.2, 0.25) is 12.0 Å². The van der Waals surface area contributed by atoms with Gasteiger partial charge in [0.1, 0.15) is 36.1 Å². The zero-order valence-corrected chi connectivity index (χ0v) is 18.1. The Labute approximate surface area is 196 Å². The lowest BCUT2D eigenvalue weighted by Crippen LogP contribution is -2.60. The second kappa shape index (κ2) is 9.13. The van der Waals surface area contributed by atoms with Crippen molar-refractivity contribution in [2.45, 2.75) is 48.7 Å². The monoisotopic (exact) mass is 496 g/mol. The molecular weight excluding hydrogens is 472 g/mol. The quantitative estimate of drug-likeness (QED) is 0.209. The molecule has 0 bridgehead atoms. The summed E-state index contributed by atoms with van der Waals surface area (Å²) >= 11 is 0. The van der Waals surface area contributed by atoms with E-state index in [1.54, 1.807) is 12.1 Å². The fourth-order valence-electron chi connectivity index (χ4n) is 4.11. The second-order valence-corrected chi connectivity index (χ2v) is 8.57. The van der Waals surface area contributed by atoms with Gasteiger partial charge in [0.25, 0.3) is 0 Å². The zero-order chi connectivity index (χ0) is 24.9. The molecule has 0 amide bonds. The predicted molar refractivity (Wildman–Crippen MR) is 113 cm³/mol. The van der Waals surface area contributed by atoms with Crippen molar-refractivity contribution in [3.05, 3.63) is 40.9 Å². The molecule has 3 aromatic rings. The summed E-state index contributed by atoms with van der Waals surface area (Å²) in [5.74, 6) is -0.0601. The van der Waals surface area contributed by atoms with Gasteiger partial charge in [0.15, 0.2) is 17.5 Å². The molecule has 8 atom stereocenters. The number of benzene rings is 1. The molecule has 0 saturated carbocycles. The van der Waals surface area contributed by atoms with Gasteiger partial charge >= 0.3 is 5.63 Å². The van der Waals surface area contributed by atoms with Crippen molar-refractivity contribution in [1.29, 1.82) is 0 Å². The molecule has 190 valence electrons. The van der Waals surface area contributed by atoms with Crippen LogP contribution in [0.15, 0.2) is 44.2 Å². The molecule has 5 rings (SSSR count). The molecule has 0 radical (unpaired) electrons. The van der Waals surface area contributed by atoms with E-state index in [1.807, 2.05) is 0 Å². The van der Waals surface area contributed by atoms with Gasteiger partial charge in [-0.05, 0) is 18.2 Å². The average Bonchev–Trinajstić information content (AvgIpc) is 3.43. The van der Waals surface area contributed by atoms with E-state index in [9.17, 15) is 35.4 Å². The van der Waals surface area contributed by atoms with Crippen molar-refractivity contribution in [2.24, 2.45) is 0 Å². The van der Waals surface area contributed by atoms with Crippen molar-refractivity contribution in [3.63, 3.8) is 0 Å². The third-order valence-electron chi connectivity index (χ3n) is 6.19. The van der Waals surface area contributed by atoms with Crippen molar-refractivity contribution < 1.29 is 58.4 Å². The number of rotatable bonds is 6. The molecule has 0 unspecified atom stereocenters. The first-order chi connectivity index (χ1) is 16.7. The highest BCUT2D eigenvalue weighted by Crippen LogP contribution is 2.37. The van der Waals surface area contributed by atoms with Crippen LogP contribution < -0.4 is 10.4 Å². The second-order valence-electron chi connectivity index (χ2n) is 8.57. The van der Waals surface area contributed by atoms with Gasteiger partial charge < -0.3 is 58.4 Å². The normalized spacial score (nSPS) is 35.7.